The lowest BCUT2D eigenvalue weighted by atomic mass is 9.76. The molecular formula is C22H25N5O2. The number of amides is 1. The largest absolute Gasteiger partial charge is 0.378 e. The summed E-state index contributed by atoms with van der Waals surface area (Å²) in [5.74, 6) is -0.154. The van der Waals surface area contributed by atoms with Crippen molar-refractivity contribution in [3.05, 3.63) is 59.0 Å². The van der Waals surface area contributed by atoms with Gasteiger partial charge in [0.05, 0.1) is 17.5 Å². The minimum Gasteiger partial charge on any atom is -0.378 e. The molecule has 7 nitrogen and oxygen atoms in total. The van der Waals surface area contributed by atoms with Crippen molar-refractivity contribution in [2.45, 2.75) is 33.2 Å². The van der Waals surface area contributed by atoms with Crippen LogP contribution in [0.3, 0.4) is 0 Å². The van der Waals surface area contributed by atoms with Crippen LogP contribution in [0.25, 0.3) is 5.65 Å². The molecule has 1 aromatic carbocycles. The molecule has 0 atom stereocenters. The Bertz CT molecular complexity index is 1100. The lowest BCUT2D eigenvalue weighted by Crippen LogP contribution is -2.29. The van der Waals surface area contributed by atoms with E-state index in [0.717, 1.165) is 16.9 Å². The fourth-order valence-electron chi connectivity index (χ4n) is 3.78. The topological polar surface area (TPSA) is 79.6 Å². The van der Waals surface area contributed by atoms with Crippen molar-refractivity contribution >= 4 is 23.0 Å². The first-order valence-electron chi connectivity index (χ1n) is 9.68. The van der Waals surface area contributed by atoms with Crippen LogP contribution in [0.1, 0.15) is 52.2 Å². The average Bonchev–Trinajstić information content (AvgIpc) is 3.10. The Hall–Kier alpha value is -3.22. The second-order valence-electron chi connectivity index (χ2n) is 8.60. The minimum atomic E-state index is -0.231. The van der Waals surface area contributed by atoms with E-state index in [9.17, 15) is 9.59 Å². The minimum absolute atomic E-state index is 0.0772. The first-order valence-corrected chi connectivity index (χ1v) is 9.68. The molecule has 0 unspecified atom stereocenters. The Labute approximate surface area is 169 Å². The highest BCUT2D eigenvalue weighted by molar-refractivity contribution is 6.01. The highest BCUT2D eigenvalue weighted by Gasteiger charge is 2.33. The number of Topliss-reactive ketones (excluding diaryl/α,β-unsaturated/α-hetero) is 1. The Morgan fingerprint density at radius 1 is 1.17 bits per heavy atom. The third-order valence-electron chi connectivity index (χ3n) is 5.36. The molecule has 2 aromatic heterocycles. The van der Waals surface area contributed by atoms with Gasteiger partial charge in [-0.05, 0) is 29.5 Å². The van der Waals surface area contributed by atoms with E-state index < -0.39 is 0 Å². The molecule has 4 rings (SSSR count). The molecule has 1 amide bonds. The van der Waals surface area contributed by atoms with Gasteiger partial charge in [-0.1, -0.05) is 26.0 Å². The summed E-state index contributed by atoms with van der Waals surface area (Å²) in [6.07, 6.45) is 4.32. The SMILES string of the molecule is CN(C)c1ccc(CNC(=O)c2cnn3c4c(cnc23)C(=O)CC(C)(C)C4)cc1. The van der Waals surface area contributed by atoms with Gasteiger partial charge in [0.15, 0.2) is 11.4 Å². The maximum atomic E-state index is 12.7. The lowest BCUT2D eigenvalue weighted by molar-refractivity contribution is 0.0907. The number of ketones is 1. The summed E-state index contributed by atoms with van der Waals surface area (Å²) in [5.41, 5.74) is 4.31. The lowest BCUT2D eigenvalue weighted by Gasteiger charge is -2.29. The van der Waals surface area contributed by atoms with Crippen LogP contribution in [-0.2, 0) is 13.0 Å². The summed E-state index contributed by atoms with van der Waals surface area (Å²) in [7, 11) is 3.98. The molecule has 1 N–H and O–H groups in total. The molecule has 0 bridgehead atoms. The van der Waals surface area contributed by atoms with Crippen LogP contribution >= 0.6 is 0 Å². The quantitative estimate of drug-likeness (QED) is 0.740. The summed E-state index contributed by atoms with van der Waals surface area (Å²) in [4.78, 5) is 31.6. The summed E-state index contributed by atoms with van der Waals surface area (Å²) < 4.78 is 1.65. The van der Waals surface area contributed by atoms with Crippen molar-refractivity contribution in [1.29, 1.82) is 0 Å². The van der Waals surface area contributed by atoms with Crippen molar-refractivity contribution in [1.82, 2.24) is 19.9 Å². The number of hydrogen-bond acceptors (Lipinski definition) is 5. The third kappa shape index (κ3) is 3.60. The molecule has 0 saturated heterocycles. The van der Waals surface area contributed by atoms with Gasteiger partial charge in [-0.3, -0.25) is 9.59 Å². The average molecular weight is 391 g/mol. The second-order valence-corrected chi connectivity index (χ2v) is 8.60. The monoisotopic (exact) mass is 391 g/mol. The van der Waals surface area contributed by atoms with Gasteiger partial charge in [0.1, 0.15) is 5.56 Å². The fourth-order valence-corrected chi connectivity index (χ4v) is 3.78. The van der Waals surface area contributed by atoms with Gasteiger partial charge in [0.2, 0.25) is 0 Å². The van der Waals surface area contributed by atoms with Gasteiger partial charge in [-0.15, -0.1) is 0 Å². The standard InChI is InChI=1S/C22H25N5O2/c1-22(2)9-18-16(19(28)10-22)12-23-20-17(13-25-27(18)20)21(29)24-11-14-5-7-15(8-6-14)26(3)4/h5-8,12-13H,9-11H2,1-4H3,(H,24,29). The molecule has 2 heterocycles. The van der Waals surface area contributed by atoms with Crippen molar-refractivity contribution in [2.24, 2.45) is 5.41 Å². The number of carbonyl (C=O) groups excluding carboxylic acids is 2. The summed E-state index contributed by atoms with van der Waals surface area (Å²) in [5, 5.41) is 7.31. The van der Waals surface area contributed by atoms with Crippen molar-refractivity contribution < 1.29 is 9.59 Å². The molecule has 0 fully saturated rings. The van der Waals surface area contributed by atoms with E-state index in [2.05, 4.69) is 29.2 Å². The van der Waals surface area contributed by atoms with Crippen LogP contribution in [0.15, 0.2) is 36.7 Å². The van der Waals surface area contributed by atoms with E-state index in [1.807, 2.05) is 43.3 Å². The van der Waals surface area contributed by atoms with E-state index in [1.54, 1.807) is 10.7 Å². The Morgan fingerprint density at radius 3 is 2.59 bits per heavy atom. The highest BCUT2D eigenvalue weighted by atomic mass is 16.1. The van der Waals surface area contributed by atoms with Gasteiger partial charge < -0.3 is 10.2 Å². The van der Waals surface area contributed by atoms with Gasteiger partial charge in [-0.2, -0.15) is 5.10 Å². The number of benzene rings is 1. The predicted octanol–water partition coefficient (Wildman–Crippen LogP) is 2.88. The Kier molecular flexibility index (Phi) is 4.61. The number of fused-ring (bicyclic) bond motifs is 3. The molecule has 150 valence electrons. The molecule has 0 saturated carbocycles. The number of hydrogen-bond donors (Lipinski definition) is 1. The van der Waals surface area contributed by atoms with E-state index in [1.165, 1.54) is 6.20 Å². The van der Waals surface area contributed by atoms with Crippen LogP contribution in [0, 0.1) is 5.41 Å². The zero-order chi connectivity index (χ0) is 20.8. The molecular weight excluding hydrogens is 366 g/mol. The zero-order valence-electron chi connectivity index (χ0n) is 17.2. The smallest absolute Gasteiger partial charge is 0.257 e. The molecule has 0 aliphatic heterocycles. The van der Waals surface area contributed by atoms with E-state index in [-0.39, 0.29) is 17.1 Å². The fraction of sp³-hybridized carbons (Fsp3) is 0.364. The Balaban J connectivity index is 1.57. The van der Waals surface area contributed by atoms with E-state index >= 15 is 0 Å². The van der Waals surface area contributed by atoms with Crippen LogP contribution in [0.4, 0.5) is 5.69 Å². The number of anilines is 1. The summed E-state index contributed by atoms with van der Waals surface area (Å²) in [6.45, 7) is 4.55. The Morgan fingerprint density at radius 2 is 1.90 bits per heavy atom. The predicted molar refractivity (Wildman–Crippen MR) is 111 cm³/mol. The molecule has 0 radical (unpaired) electrons. The number of nitrogens with zero attached hydrogens (tertiary/aromatic N) is 4. The van der Waals surface area contributed by atoms with Gasteiger partial charge in [0.25, 0.3) is 5.91 Å². The highest BCUT2D eigenvalue weighted by Crippen LogP contribution is 2.34. The zero-order valence-corrected chi connectivity index (χ0v) is 17.2. The van der Waals surface area contributed by atoms with Crippen molar-refractivity contribution in [3.63, 3.8) is 0 Å². The normalized spacial score (nSPS) is 15.2. The number of rotatable bonds is 4. The van der Waals surface area contributed by atoms with E-state index in [4.69, 9.17) is 0 Å². The number of carbonyl (C=O) groups is 2. The molecule has 29 heavy (non-hydrogen) atoms. The van der Waals surface area contributed by atoms with Crippen molar-refractivity contribution in [2.75, 3.05) is 19.0 Å². The molecule has 7 heteroatoms. The number of aromatic nitrogens is 3. The first-order chi connectivity index (χ1) is 13.7. The van der Waals surface area contributed by atoms with Gasteiger partial charge in [-0.25, -0.2) is 9.50 Å². The van der Waals surface area contributed by atoms with Crippen LogP contribution in [0.5, 0.6) is 0 Å². The van der Waals surface area contributed by atoms with Crippen LogP contribution in [-0.4, -0.2) is 40.4 Å². The second kappa shape index (κ2) is 6.99. The number of nitrogens with one attached hydrogen (secondary N) is 1. The molecule has 1 aliphatic rings. The van der Waals surface area contributed by atoms with Crippen molar-refractivity contribution in [3.8, 4) is 0 Å². The van der Waals surface area contributed by atoms with Crippen LogP contribution < -0.4 is 10.2 Å². The maximum absolute atomic E-state index is 12.7. The summed E-state index contributed by atoms with van der Waals surface area (Å²) >= 11 is 0. The first kappa shape index (κ1) is 19.1. The van der Waals surface area contributed by atoms with Gasteiger partial charge in [0, 0.05) is 38.9 Å². The summed E-state index contributed by atoms with van der Waals surface area (Å²) in [6, 6.07) is 8.02. The third-order valence-corrected chi connectivity index (χ3v) is 5.36. The molecule has 0 spiro atoms. The molecule has 1 aliphatic carbocycles. The van der Waals surface area contributed by atoms with Crippen LogP contribution in [0.2, 0.25) is 0 Å². The van der Waals surface area contributed by atoms with Gasteiger partial charge >= 0.3 is 0 Å². The maximum Gasteiger partial charge on any atom is 0.257 e. The van der Waals surface area contributed by atoms with E-state index in [0.29, 0.717) is 36.2 Å². The molecule has 3 aromatic rings.